The summed E-state index contributed by atoms with van der Waals surface area (Å²) < 4.78 is 6.74. The molecule has 0 unspecified atom stereocenters. The highest BCUT2D eigenvalue weighted by Gasteiger charge is 2.18. The van der Waals surface area contributed by atoms with Gasteiger partial charge in [-0.05, 0) is 50.4 Å². The first-order valence-corrected chi connectivity index (χ1v) is 7.58. The minimum atomic E-state index is -0.141. The third-order valence-corrected chi connectivity index (χ3v) is 3.90. The van der Waals surface area contributed by atoms with Crippen LogP contribution in [-0.2, 0) is 6.54 Å². The van der Waals surface area contributed by atoms with Crippen molar-refractivity contribution >= 4 is 16.7 Å². The maximum Gasteiger partial charge on any atom is 0.270 e. The Labute approximate surface area is 130 Å². The van der Waals surface area contributed by atoms with E-state index in [1.807, 2.05) is 20.8 Å². The summed E-state index contributed by atoms with van der Waals surface area (Å²) >= 11 is 0. The van der Waals surface area contributed by atoms with Crippen molar-refractivity contribution in [1.29, 1.82) is 0 Å². The van der Waals surface area contributed by atoms with E-state index in [1.165, 1.54) is 4.57 Å². The highest BCUT2D eigenvalue weighted by Crippen LogP contribution is 2.20. The number of hydrogen-bond acceptors (Lipinski definition) is 3. The van der Waals surface area contributed by atoms with E-state index in [9.17, 15) is 9.59 Å². The summed E-state index contributed by atoms with van der Waals surface area (Å²) in [6.45, 7) is 7.42. The van der Waals surface area contributed by atoms with E-state index in [0.717, 1.165) is 5.39 Å². The van der Waals surface area contributed by atoms with Crippen molar-refractivity contribution in [2.45, 2.75) is 27.3 Å². The number of hydrogen-bond donors (Lipinski definition) is 0. The lowest BCUT2D eigenvalue weighted by Crippen LogP contribution is -2.35. The van der Waals surface area contributed by atoms with Crippen LogP contribution in [0.4, 0.5) is 0 Å². The maximum atomic E-state index is 12.7. The van der Waals surface area contributed by atoms with Gasteiger partial charge in [0.05, 0.1) is 7.11 Å². The van der Waals surface area contributed by atoms with Crippen LogP contribution in [-0.4, -0.2) is 35.6 Å². The molecule has 0 saturated heterocycles. The summed E-state index contributed by atoms with van der Waals surface area (Å²) in [5, 5.41) is 1.32. The number of ether oxygens (including phenoxy) is 1. The van der Waals surface area contributed by atoms with Crippen molar-refractivity contribution in [3.8, 4) is 5.75 Å². The molecule has 0 aliphatic heterocycles. The zero-order chi connectivity index (χ0) is 16.3. The zero-order valence-corrected chi connectivity index (χ0v) is 13.5. The van der Waals surface area contributed by atoms with Gasteiger partial charge in [0.1, 0.15) is 11.4 Å². The zero-order valence-electron chi connectivity index (χ0n) is 13.5. The van der Waals surface area contributed by atoms with E-state index in [1.54, 1.807) is 36.3 Å². The summed E-state index contributed by atoms with van der Waals surface area (Å²) in [5.41, 5.74) is 0.287. The molecule has 0 saturated carbocycles. The first kappa shape index (κ1) is 16.1. The van der Waals surface area contributed by atoms with E-state index < -0.39 is 0 Å². The molecule has 0 atom stereocenters. The van der Waals surface area contributed by atoms with Gasteiger partial charge < -0.3 is 14.2 Å². The Bertz CT molecular complexity index is 745. The smallest absolute Gasteiger partial charge is 0.270 e. The van der Waals surface area contributed by atoms with E-state index in [-0.39, 0.29) is 11.5 Å². The fourth-order valence-electron chi connectivity index (χ4n) is 2.63. The largest absolute Gasteiger partial charge is 0.497 e. The van der Waals surface area contributed by atoms with Crippen molar-refractivity contribution in [2.75, 3.05) is 20.2 Å². The minimum Gasteiger partial charge on any atom is -0.497 e. The molecule has 0 N–H and O–H groups in total. The maximum absolute atomic E-state index is 12.7. The second-order valence-corrected chi connectivity index (χ2v) is 5.01. The van der Waals surface area contributed by atoms with Crippen LogP contribution < -0.4 is 10.3 Å². The lowest BCUT2D eigenvalue weighted by atomic mass is 10.1. The SMILES string of the molecule is CCN(CC)C(=O)c1cc2cc(OC)ccc2c(=O)n1CC. The third kappa shape index (κ3) is 2.71. The van der Waals surface area contributed by atoms with Gasteiger partial charge in [0, 0.05) is 25.0 Å². The Hall–Kier alpha value is -2.30. The first-order valence-electron chi connectivity index (χ1n) is 7.58. The van der Waals surface area contributed by atoms with Gasteiger partial charge in [-0.1, -0.05) is 0 Å². The van der Waals surface area contributed by atoms with Gasteiger partial charge in [0.25, 0.3) is 11.5 Å². The number of rotatable bonds is 5. The highest BCUT2D eigenvalue weighted by molar-refractivity contribution is 5.97. The second-order valence-electron chi connectivity index (χ2n) is 5.01. The molecule has 5 heteroatoms. The number of pyridine rings is 1. The molecular formula is C17H22N2O3. The Balaban J connectivity index is 2.72. The van der Waals surface area contributed by atoms with E-state index >= 15 is 0 Å². The fraction of sp³-hybridized carbons (Fsp3) is 0.412. The van der Waals surface area contributed by atoms with Crippen molar-refractivity contribution in [3.63, 3.8) is 0 Å². The monoisotopic (exact) mass is 302 g/mol. The van der Waals surface area contributed by atoms with Crippen molar-refractivity contribution < 1.29 is 9.53 Å². The Kier molecular flexibility index (Phi) is 4.85. The predicted octanol–water partition coefficient (Wildman–Crippen LogP) is 2.51. The number of nitrogens with zero attached hydrogens (tertiary/aromatic N) is 2. The fourth-order valence-corrected chi connectivity index (χ4v) is 2.63. The molecule has 0 spiro atoms. The average molecular weight is 302 g/mol. The predicted molar refractivity (Wildman–Crippen MR) is 87.7 cm³/mol. The number of methoxy groups -OCH3 is 1. The van der Waals surface area contributed by atoms with Crippen LogP contribution in [0.25, 0.3) is 10.8 Å². The van der Waals surface area contributed by atoms with Crippen LogP contribution in [0, 0.1) is 0 Å². The average Bonchev–Trinajstić information content (AvgIpc) is 2.55. The molecule has 1 aromatic carbocycles. The van der Waals surface area contributed by atoms with E-state index in [2.05, 4.69) is 0 Å². The lowest BCUT2D eigenvalue weighted by molar-refractivity contribution is 0.0761. The minimum absolute atomic E-state index is 0.117. The van der Waals surface area contributed by atoms with Gasteiger partial charge in [-0.15, -0.1) is 0 Å². The first-order chi connectivity index (χ1) is 10.6. The van der Waals surface area contributed by atoms with Gasteiger partial charge in [0.2, 0.25) is 0 Å². The molecule has 0 aliphatic carbocycles. The standard InChI is InChI=1S/C17H22N2O3/c1-5-18(6-2)17(21)15-11-12-10-13(22-4)8-9-14(12)16(20)19(15)7-3/h8-11H,5-7H2,1-4H3. The Morgan fingerprint density at radius 2 is 1.86 bits per heavy atom. The molecule has 0 fully saturated rings. The van der Waals surface area contributed by atoms with E-state index in [4.69, 9.17) is 4.74 Å². The number of fused-ring (bicyclic) bond motifs is 1. The molecule has 1 aromatic heterocycles. The summed E-state index contributed by atoms with van der Waals surface area (Å²) in [6.07, 6.45) is 0. The molecule has 2 rings (SSSR count). The number of carbonyl (C=O) groups is 1. The van der Waals surface area contributed by atoms with Gasteiger partial charge in [-0.3, -0.25) is 9.59 Å². The molecule has 5 nitrogen and oxygen atoms in total. The molecule has 2 aromatic rings. The summed E-state index contributed by atoms with van der Waals surface area (Å²) in [4.78, 5) is 27.0. The van der Waals surface area contributed by atoms with Crippen LogP contribution in [0.2, 0.25) is 0 Å². The van der Waals surface area contributed by atoms with Crippen molar-refractivity contribution in [2.24, 2.45) is 0 Å². The summed E-state index contributed by atoms with van der Waals surface area (Å²) in [5.74, 6) is 0.552. The number of aromatic nitrogens is 1. The normalized spacial score (nSPS) is 10.7. The van der Waals surface area contributed by atoms with Gasteiger partial charge in [0.15, 0.2) is 0 Å². The molecule has 0 bridgehead atoms. The number of amides is 1. The molecule has 0 aliphatic rings. The Morgan fingerprint density at radius 3 is 2.41 bits per heavy atom. The molecule has 0 radical (unpaired) electrons. The van der Waals surface area contributed by atoms with Crippen molar-refractivity contribution in [1.82, 2.24) is 9.47 Å². The Morgan fingerprint density at radius 1 is 1.18 bits per heavy atom. The van der Waals surface area contributed by atoms with Crippen molar-refractivity contribution in [3.05, 3.63) is 40.3 Å². The van der Waals surface area contributed by atoms with Crippen LogP contribution in [0.5, 0.6) is 5.75 Å². The van der Waals surface area contributed by atoms with Crippen LogP contribution in [0.3, 0.4) is 0 Å². The van der Waals surface area contributed by atoms with Gasteiger partial charge >= 0.3 is 0 Å². The quantitative estimate of drug-likeness (QED) is 0.852. The summed E-state index contributed by atoms with van der Waals surface area (Å²) in [7, 11) is 1.58. The highest BCUT2D eigenvalue weighted by atomic mass is 16.5. The molecular weight excluding hydrogens is 280 g/mol. The second kappa shape index (κ2) is 6.64. The van der Waals surface area contributed by atoms with Crippen LogP contribution in [0.15, 0.2) is 29.1 Å². The topological polar surface area (TPSA) is 51.5 Å². The molecule has 22 heavy (non-hydrogen) atoms. The van der Waals surface area contributed by atoms with Gasteiger partial charge in [-0.2, -0.15) is 0 Å². The lowest BCUT2D eigenvalue weighted by Gasteiger charge is -2.21. The van der Waals surface area contributed by atoms with Crippen LogP contribution in [0.1, 0.15) is 31.3 Å². The molecule has 1 amide bonds. The van der Waals surface area contributed by atoms with E-state index in [0.29, 0.717) is 36.5 Å². The molecule has 118 valence electrons. The summed E-state index contributed by atoms with van der Waals surface area (Å²) in [6, 6.07) is 7.07. The van der Waals surface area contributed by atoms with Gasteiger partial charge in [-0.25, -0.2) is 0 Å². The third-order valence-electron chi connectivity index (χ3n) is 3.90. The number of carbonyl (C=O) groups excluding carboxylic acids is 1. The number of benzene rings is 1. The van der Waals surface area contributed by atoms with Crippen LogP contribution >= 0.6 is 0 Å². The molecule has 1 heterocycles.